The maximum absolute atomic E-state index is 13.4. The summed E-state index contributed by atoms with van der Waals surface area (Å²) in [4.78, 5) is 9.78. The van der Waals surface area contributed by atoms with Crippen molar-refractivity contribution in [1.29, 1.82) is 0 Å². The fourth-order valence-corrected chi connectivity index (χ4v) is 3.70. The van der Waals surface area contributed by atoms with Crippen LogP contribution in [0.25, 0.3) is 0 Å². The third kappa shape index (κ3) is 5.81. The predicted octanol–water partition coefficient (Wildman–Crippen LogP) is 4.37. The molecule has 6 nitrogen and oxygen atoms in total. The Morgan fingerprint density at radius 1 is 1.24 bits per heavy atom. The van der Waals surface area contributed by atoms with Crippen molar-refractivity contribution < 1.29 is 17.6 Å². The summed E-state index contributed by atoms with van der Waals surface area (Å²) in [5.74, 6) is 2.23. The van der Waals surface area contributed by atoms with E-state index in [9.17, 15) is 13.2 Å². The summed E-state index contributed by atoms with van der Waals surface area (Å²) in [6.07, 6.45) is -3.54. The minimum Gasteiger partial charge on any atom is -0.465 e. The van der Waals surface area contributed by atoms with Crippen LogP contribution in [0.2, 0.25) is 0 Å². The highest BCUT2D eigenvalue weighted by Gasteiger charge is 2.35. The van der Waals surface area contributed by atoms with Gasteiger partial charge in [0.15, 0.2) is 10.8 Å². The van der Waals surface area contributed by atoms with Gasteiger partial charge in [-0.15, -0.1) is 0 Å². The van der Waals surface area contributed by atoms with Gasteiger partial charge in [0, 0.05) is 19.2 Å². The van der Waals surface area contributed by atoms with Crippen LogP contribution < -0.4 is 15.5 Å². The lowest BCUT2D eigenvalue weighted by atomic mass is 9.92. The maximum atomic E-state index is 13.4. The molecule has 3 rings (SSSR count). The molecule has 0 saturated carbocycles. The zero-order valence-corrected chi connectivity index (χ0v) is 17.3. The number of piperidine rings is 1. The molecular weight excluding hydrogens is 403 g/mol. The molecule has 2 aromatic heterocycles. The molecule has 2 N–H and O–H groups in total. The van der Waals surface area contributed by atoms with E-state index in [-0.39, 0.29) is 16.9 Å². The van der Waals surface area contributed by atoms with E-state index >= 15 is 0 Å². The van der Waals surface area contributed by atoms with Gasteiger partial charge < -0.3 is 20.0 Å². The molecule has 10 heteroatoms. The molecule has 2 atom stereocenters. The highest BCUT2D eigenvalue weighted by atomic mass is 32.1. The smallest absolute Gasteiger partial charge is 0.433 e. The quantitative estimate of drug-likeness (QED) is 0.703. The maximum Gasteiger partial charge on any atom is 0.433 e. The first-order valence-electron chi connectivity index (χ1n) is 9.41. The summed E-state index contributed by atoms with van der Waals surface area (Å²) in [5, 5.41) is 5.66. The van der Waals surface area contributed by atoms with E-state index in [1.807, 2.05) is 17.9 Å². The topological polar surface area (TPSA) is 66.2 Å². The van der Waals surface area contributed by atoms with Crippen LogP contribution >= 0.6 is 12.2 Å². The standard InChI is InChI=1S/C19H24F3N5OS/c1-11-6-12(2)10-27(9-11)16-7-15(19(20,21)22)24-17(25-16)26-18(29)23-8-14-5-4-13(3)28-14/h4-5,7,11-12H,6,8-10H2,1-3H3,(H2,23,24,25,26,29)/t11-,12-/m1/s1. The number of hydrogen-bond donors (Lipinski definition) is 2. The number of halogens is 3. The van der Waals surface area contributed by atoms with Crippen LogP contribution in [0.3, 0.4) is 0 Å². The molecule has 0 bridgehead atoms. The zero-order chi connectivity index (χ0) is 21.2. The second kappa shape index (κ2) is 8.56. The summed E-state index contributed by atoms with van der Waals surface area (Å²) in [5.41, 5.74) is -1.000. The molecule has 0 aliphatic carbocycles. The Balaban J connectivity index is 1.77. The lowest BCUT2D eigenvalue weighted by Crippen LogP contribution is -2.39. The predicted molar refractivity (Wildman–Crippen MR) is 109 cm³/mol. The minimum absolute atomic E-state index is 0.115. The average molecular weight is 427 g/mol. The number of thiocarbonyl (C=S) groups is 1. The van der Waals surface area contributed by atoms with Crippen molar-refractivity contribution in [3.05, 3.63) is 35.4 Å². The Morgan fingerprint density at radius 2 is 1.93 bits per heavy atom. The number of hydrogen-bond acceptors (Lipinski definition) is 5. The van der Waals surface area contributed by atoms with Crippen LogP contribution in [0.4, 0.5) is 24.9 Å². The van der Waals surface area contributed by atoms with E-state index in [0.29, 0.717) is 37.2 Å². The number of alkyl halides is 3. The van der Waals surface area contributed by atoms with Crippen molar-refractivity contribution in [2.45, 2.75) is 39.9 Å². The number of rotatable bonds is 4. The van der Waals surface area contributed by atoms with E-state index in [1.165, 1.54) is 0 Å². The van der Waals surface area contributed by atoms with Gasteiger partial charge >= 0.3 is 6.18 Å². The highest BCUT2D eigenvalue weighted by Crippen LogP contribution is 2.32. The lowest BCUT2D eigenvalue weighted by molar-refractivity contribution is -0.141. The van der Waals surface area contributed by atoms with Crippen LogP contribution in [0.5, 0.6) is 0 Å². The second-order valence-corrected chi connectivity index (χ2v) is 8.01. The average Bonchev–Trinajstić information content (AvgIpc) is 3.03. The molecule has 0 amide bonds. The molecule has 2 aromatic rings. The normalized spacial score (nSPS) is 19.9. The lowest BCUT2D eigenvalue weighted by Gasteiger charge is -2.36. The Morgan fingerprint density at radius 3 is 2.52 bits per heavy atom. The van der Waals surface area contributed by atoms with E-state index in [4.69, 9.17) is 16.6 Å². The summed E-state index contributed by atoms with van der Waals surface area (Å²) in [7, 11) is 0. The van der Waals surface area contributed by atoms with Crippen LogP contribution in [0, 0.1) is 18.8 Å². The molecular formula is C19H24F3N5OS. The van der Waals surface area contributed by atoms with Gasteiger partial charge in [0.25, 0.3) is 0 Å². The first kappa shape index (κ1) is 21.4. The van der Waals surface area contributed by atoms with E-state index in [0.717, 1.165) is 18.2 Å². The fraction of sp³-hybridized carbons (Fsp3) is 0.526. The molecule has 1 aliphatic heterocycles. The van der Waals surface area contributed by atoms with Gasteiger partial charge in [-0.25, -0.2) is 4.98 Å². The first-order chi connectivity index (χ1) is 13.6. The van der Waals surface area contributed by atoms with Crippen LogP contribution in [-0.4, -0.2) is 28.2 Å². The Hall–Kier alpha value is -2.36. The molecule has 0 unspecified atom stereocenters. The van der Waals surface area contributed by atoms with Crippen molar-refractivity contribution in [2.24, 2.45) is 11.8 Å². The number of nitrogens with one attached hydrogen (secondary N) is 2. The number of furan rings is 1. The molecule has 0 spiro atoms. The Bertz CT molecular complexity index is 860. The zero-order valence-electron chi connectivity index (χ0n) is 16.5. The largest absolute Gasteiger partial charge is 0.465 e. The fourth-order valence-electron chi connectivity index (χ4n) is 3.54. The van der Waals surface area contributed by atoms with Gasteiger partial charge in [-0.1, -0.05) is 13.8 Å². The molecule has 1 aliphatic rings. The van der Waals surface area contributed by atoms with Crippen molar-refractivity contribution in [2.75, 3.05) is 23.3 Å². The molecule has 1 saturated heterocycles. The summed E-state index contributed by atoms with van der Waals surface area (Å²) in [6.45, 7) is 7.59. The molecule has 158 valence electrons. The summed E-state index contributed by atoms with van der Waals surface area (Å²) >= 11 is 5.18. The molecule has 3 heterocycles. The number of aromatic nitrogens is 2. The molecule has 1 fully saturated rings. The third-order valence-electron chi connectivity index (χ3n) is 4.64. The summed E-state index contributed by atoms with van der Waals surface area (Å²) in [6, 6.07) is 4.61. The van der Waals surface area contributed by atoms with Crippen LogP contribution in [-0.2, 0) is 12.7 Å². The van der Waals surface area contributed by atoms with Crippen molar-refractivity contribution >= 4 is 29.1 Å². The minimum atomic E-state index is -4.58. The summed E-state index contributed by atoms with van der Waals surface area (Å²) < 4.78 is 45.6. The van der Waals surface area contributed by atoms with Crippen molar-refractivity contribution in [3.8, 4) is 0 Å². The molecule has 0 aromatic carbocycles. The molecule has 0 radical (unpaired) electrons. The van der Waals surface area contributed by atoms with Gasteiger partial charge in [0.1, 0.15) is 17.3 Å². The van der Waals surface area contributed by atoms with E-state index in [1.54, 1.807) is 6.07 Å². The van der Waals surface area contributed by atoms with Crippen LogP contribution in [0.15, 0.2) is 22.6 Å². The number of anilines is 2. The number of aryl methyl sites for hydroxylation is 1. The van der Waals surface area contributed by atoms with Gasteiger partial charge in [0.05, 0.1) is 6.54 Å². The van der Waals surface area contributed by atoms with Gasteiger partial charge in [-0.2, -0.15) is 18.2 Å². The first-order valence-corrected chi connectivity index (χ1v) is 9.82. The second-order valence-electron chi connectivity index (χ2n) is 7.60. The van der Waals surface area contributed by atoms with Crippen molar-refractivity contribution in [1.82, 2.24) is 15.3 Å². The van der Waals surface area contributed by atoms with E-state index in [2.05, 4.69) is 34.4 Å². The third-order valence-corrected chi connectivity index (χ3v) is 4.89. The van der Waals surface area contributed by atoms with Gasteiger partial charge in [-0.3, -0.25) is 0 Å². The Labute approximate surface area is 172 Å². The monoisotopic (exact) mass is 427 g/mol. The van der Waals surface area contributed by atoms with E-state index < -0.39 is 11.9 Å². The van der Waals surface area contributed by atoms with Crippen molar-refractivity contribution in [3.63, 3.8) is 0 Å². The Kier molecular flexibility index (Phi) is 6.30. The highest BCUT2D eigenvalue weighted by molar-refractivity contribution is 7.80. The van der Waals surface area contributed by atoms with Gasteiger partial charge in [-0.05, 0) is 49.5 Å². The number of nitrogens with zero attached hydrogens (tertiary/aromatic N) is 3. The van der Waals surface area contributed by atoms with Gasteiger partial charge in [0.2, 0.25) is 5.95 Å². The molecule has 29 heavy (non-hydrogen) atoms. The SMILES string of the molecule is Cc1ccc(CNC(=S)Nc2nc(N3C[C@H](C)C[C@@H](C)C3)cc(C(F)(F)F)n2)o1. The van der Waals surface area contributed by atoms with Crippen LogP contribution in [0.1, 0.15) is 37.5 Å².